The van der Waals surface area contributed by atoms with Crippen LogP contribution in [-0.2, 0) is 9.53 Å². The Hall–Kier alpha value is -1.22. The average molecular weight is 314 g/mol. The number of rotatable bonds is 2. The molecule has 1 aromatic carbocycles. The van der Waals surface area contributed by atoms with Crippen LogP contribution < -0.4 is 0 Å². The molecule has 0 radical (unpaired) electrons. The first kappa shape index (κ1) is 11.9. The summed E-state index contributed by atoms with van der Waals surface area (Å²) in [5.41, 5.74) is 1.01. The van der Waals surface area contributed by atoms with Crippen LogP contribution in [0.4, 0.5) is 0 Å². The fraction of sp³-hybridized carbons (Fsp3) is 0.0833. The summed E-state index contributed by atoms with van der Waals surface area (Å²) in [6, 6.07) is 9.79. The minimum atomic E-state index is -0.552. The van der Waals surface area contributed by atoms with Gasteiger partial charge < -0.3 is 0 Å². The van der Waals surface area contributed by atoms with E-state index in [4.69, 9.17) is 0 Å². The molecular formula is C12H10O2Te. The number of hydrogen-bond donors (Lipinski definition) is 0. The zero-order chi connectivity index (χ0) is 10.9. The van der Waals surface area contributed by atoms with Crippen LogP contribution in [0.3, 0.4) is 0 Å². The van der Waals surface area contributed by atoms with E-state index in [0.717, 1.165) is 5.56 Å². The van der Waals surface area contributed by atoms with Crippen LogP contribution in [-0.4, -0.2) is 34.0 Å². The second kappa shape index (κ2) is 7.12. The van der Waals surface area contributed by atoms with E-state index in [-0.39, 0.29) is 5.97 Å². The van der Waals surface area contributed by atoms with E-state index >= 15 is 0 Å². The Bertz CT molecular complexity index is 399. The van der Waals surface area contributed by atoms with Crippen LogP contribution in [0.2, 0.25) is 0 Å². The second-order valence-electron chi connectivity index (χ2n) is 2.54. The maximum atomic E-state index is 10.7. The predicted octanol–water partition coefficient (Wildman–Crippen LogP) is 1.39. The van der Waals surface area contributed by atoms with E-state index < -0.39 is 20.9 Å². The molecule has 0 aliphatic rings. The standard InChI is InChI=1S/C12H10O2Te/c1-14-12(13)8-10-15-9-7-11-5-3-2-4-6-11/h2-6,8,10H,1H3/b10-8+. The van der Waals surface area contributed by atoms with Crippen molar-refractivity contribution < 1.29 is 9.53 Å². The van der Waals surface area contributed by atoms with Gasteiger partial charge in [0, 0.05) is 0 Å². The van der Waals surface area contributed by atoms with E-state index in [0.29, 0.717) is 0 Å². The van der Waals surface area contributed by atoms with Gasteiger partial charge >= 0.3 is 99.5 Å². The molecule has 0 spiro atoms. The van der Waals surface area contributed by atoms with Gasteiger partial charge in [0.1, 0.15) is 0 Å². The molecule has 0 N–H and O–H groups in total. The Labute approximate surface area is 99.4 Å². The van der Waals surface area contributed by atoms with Gasteiger partial charge in [-0.1, -0.05) is 0 Å². The van der Waals surface area contributed by atoms with Crippen LogP contribution in [0, 0.1) is 9.89 Å². The first-order valence-corrected chi connectivity index (χ1v) is 6.80. The Morgan fingerprint density at radius 2 is 2.13 bits per heavy atom. The Morgan fingerprint density at radius 1 is 1.40 bits per heavy atom. The molecule has 0 bridgehead atoms. The Kier molecular flexibility index (Phi) is 5.63. The zero-order valence-electron chi connectivity index (χ0n) is 8.27. The SMILES string of the molecule is COC(=O)/C=C/[Te]C#Cc1ccccc1. The monoisotopic (exact) mass is 316 g/mol. The molecule has 0 atom stereocenters. The topological polar surface area (TPSA) is 26.3 Å². The Morgan fingerprint density at radius 3 is 2.80 bits per heavy atom. The van der Waals surface area contributed by atoms with Crippen molar-refractivity contribution in [1.29, 1.82) is 0 Å². The first-order valence-electron chi connectivity index (χ1n) is 4.29. The fourth-order valence-corrected chi connectivity index (χ4v) is 2.01. The van der Waals surface area contributed by atoms with Gasteiger partial charge in [-0.05, 0) is 0 Å². The molecule has 0 aliphatic carbocycles. The van der Waals surface area contributed by atoms with Crippen LogP contribution in [0.15, 0.2) is 40.5 Å². The van der Waals surface area contributed by atoms with Crippen molar-refractivity contribution in [3.8, 4) is 9.89 Å². The zero-order valence-corrected chi connectivity index (χ0v) is 10.6. The van der Waals surface area contributed by atoms with Crippen LogP contribution >= 0.6 is 0 Å². The molecule has 0 saturated carbocycles. The van der Waals surface area contributed by atoms with Crippen molar-refractivity contribution in [3.63, 3.8) is 0 Å². The van der Waals surface area contributed by atoms with Crippen molar-refractivity contribution in [2.45, 2.75) is 0 Å². The molecule has 0 aliphatic heterocycles. The minimum absolute atomic E-state index is 0.318. The van der Waals surface area contributed by atoms with Gasteiger partial charge in [-0.15, -0.1) is 0 Å². The van der Waals surface area contributed by atoms with Gasteiger partial charge in [0.15, 0.2) is 0 Å². The number of esters is 1. The van der Waals surface area contributed by atoms with E-state index in [9.17, 15) is 4.79 Å². The summed E-state index contributed by atoms with van der Waals surface area (Å²) in [5.74, 6) is 2.72. The quantitative estimate of drug-likeness (QED) is 0.357. The molecule has 1 rings (SSSR count). The number of benzene rings is 1. The molecule has 0 heterocycles. The molecule has 0 fully saturated rings. The molecule has 0 amide bonds. The van der Waals surface area contributed by atoms with Crippen LogP contribution in [0.5, 0.6) is 0 Å². The summed E-state index contributed by atoms with van der Waals surface area (Å²) in [7, 11) is 1.36. The van der Waals surface area contributed by atoms with Gasteiger partial charge in [0.25, 0.3) is 0 Å². The summed E-state index contributed by atoms with van der Waals surface area (Å²) in [6.45, 7) is 0. The summed E-state index contributed by atoms with van der Waals surface area (Å²) in [5, 5.41) is 0. The van der Waals surface area contributed by atoms with Crippen LogP contribution in [0.25, 0.3) is 0 Å². The third-order valence-electron chi connectivity index (χ3n) is 1.50. The van der Waals surface area contributed by atoms with Gasteiger partial charge in [0.2, 0.25) is 0 Å². The maximum absolute atomic E-state index is 10.7. The normalized spacial score (nSPS) is 9.40. The van der Waals surface area contributed by atoms with Gasteiger partial charge in [0.05, 0.1) is 0 Å². The van der Waals surface area contributed by atoms with Crippen molar-refractivity contribution in [2.24, 2.45) is 0 Å². The van der Waals surface area contributed by atoms with Gasteiger partial charge in [-0.3, -0.25) is 0 Å². The number of carbonyl (C=O) groups is 1. The van der Waals surface area contributed by atoms with E-state index in [1.165, 1.54) is 13.2 Å². The molecule has 3 heteroatoms. The molecular weight excluding hydrogens is 304 g/mol. The summed E-state index contributed by atoms with van der Waals surface area (Å²) >= 11 is -0.552. The second-order valence-corrected chi connectivity index (χ2v) is 4.57. The van der Waals surface area contributed by atoms with Crippen LogP contribution in [0.1, 0.15) is 5.56 Å². The van der Waals surface area contributed by atoms with Crippen molar-refractivity contribution in [3.05, 3.63) is 46.1 Å². The van der Waals surface area contributed by atoms with E-state index in [2.05, 4.69) is 14.6 Å². The first-order chi connectivity index (χ1) is 7.33. The number of methoxy groups -OCH3 is 1. The summed E-state index contributed by atoms with van der Waals surface area (Å²) in [4.78, 5) is 10.7. The third-order valence-corrected chi connectivity index (χ3v) is 2.91. The average Bonchev–Trinajstić information content (AvgIpc) is 2.29. The molecule has 76 valence electrons. The fourth-order valence-electron chi connectivity index (χ4n) is 0.802. The predicted molar refractivity (Wildman–Crippen MR) is 60.2 cm³/mol. The van der Waals surface area contributed by atoms with E-state index in [1.807, 2.05) is 34.5 Å². The third kappa shape index (κ3) is 5.27. The molecule has 15 heavy (non-hydrogen) atoms. The Balaban J connectivity index is 2.41. The summed E-state index contributed by atoms with van der Waals surface area (Å²) < 4.78 is 9.34. The van der Waals surface area contributed by atoms with E-state index in [1.54, 1.807) is 0 Å². The van der Waals surface area contributed by atoms with Crippen molar-refractivity contribution in [1.82, 2.24) is 0 Å². The van der Waals surface area contributed by atoms with Crippen molar-refractivity contribution >= 4 is 26.9 Å². The van der Waals surface area contributed by atoms with Crippen molar-refractivity contribution in [2.75, 3.05) is 7.11 Å². The molecule has 0 saturated heterocycles. The number of carbonyl (C=O) groups excluding carboxylic acids is 1. The molecule has 2 nitrogen and oxygen atoms in total. The van der Waals surface area contributed by atoms with Gasteiger partial charge in [-0.25, -0.2) is 0 Å². The van der Waals surface area contributed by atoms with Gasteiger partial charge in [-0.2, -0.15) is 0 Å². The number of hydrogen-bond acceptors (Lipinski definition) is 2. The summed E-state index contributed by atoms with van der Waals surface area (Å²) in [6.07, 6.45) is 1.43. The molecule has 0 aromatic heterocycles. The number of ether oxygens (including phenoxy) is 1. The molecule has 1 aromatic rings. The molecule has 0 unspecified atom stereocenters.